The zero-order valence-corrected chi connectivity index (χ0v) is 13.7. The largest absolute Gasteiger partial charge is 0.382 e. The van der Waals surface area contributed by atoms with E-state index >= 15 is 0 Å². The number of benzene rings is 1. The number of nitrogens with one attached hydrogen (secondary N) is 1. The number of anilines is 1. The number of rotatable bonds is 3. The molecule has 1 saturated carbocycles. The predicted molar refractivity (Wildman–Crippen MR) is 93.8 cm³/mol. The molecule has 1 N–H and O–H groups in total. The highest BCUT2D eigenvalue weighted by Crippen LogP contribution is 2.37. The van der Waals surface area contributed by atoms with E-state index in [9.17, 15) is 0 Å². The minimum atomic E-state index is 0.573. The molecule has 6 rings (SSSR count). The molecule has 1 aromatic carbocycles. The van der Waals surface area contributed by atoms with Gasteiger partial charge >= 0.3 is 0 Å². The van der Waals surface area contributed by atoms with Gasteiger partial charge in [-0.2, -0.15) is 5.10 Å². The first-order valence-electron chi connectivity index (χ1n) is 9.33. The molecule has 23 heavy (non-hydrogen) atoms. The van der Waals surface area contributed by atoms with Gasteiger partial charge in [0.25, 0.3) is 0 Å². The fourth-order valence-corrected chi connectivity index (χ4v) is 4.92. The summed E-state index contributed by atoms with van der Waals surface area (Å²) in [5.41, 5.74) is 2.57. The monoisotopic (exact) mass is 310 g/mol. The number of piperidine rings is 3. The minimum Gasteiger partial charge on any atom is -0.382 e. The molecule has 1 aliphatic carbocycles. The van der Waals surface area contributed by atoms with Crippen LogP contribution in [-0.4, -0.2) is 40.4 Å². The van der Waals surface area contributed by atoms with Crippen LogP contribution in [0.25, 0.3) is 10.9 Å². The highest BCUT2D eigenvalue weighted by atomic mass is 15.3. The van der Waals surface area contributed by atoms with Gasteiger partial charge in [0.05, 0.1) is 17.8 Å². The van der Waals surface area contributed by atoms with E-state index in [2.05, 4.69) is 39.3 Å². The lowest BCUT2D eigenvalue weighted by Crippen LogP contribution is -2.48. The summed E-state index contributed by atoms with van der Waals surface area (Å²) in [4.78, 5) is 2.61. The Morgan fingerprint density at radius 2 is 1.87 bits per heavy atom. The topological polar surface area (TPSA) is 33.1 Å². The summed E-state index contributed by atoms with van der Waals surface area (Å²) in [7, 11) is 0. The second kappa shape index (κ2) is 5.52. The van der Waals surface area contributed by atoms with Crippen molar-refractivity contribution in [1.82, 2.24) is 14.7 Å². The number of hydrogen-bond acceptors (Lipinski definition) is 3. The average Bonchev–Trinajstić information content (AvgIpc) is 3.25. The normalized spacial score (nSPS) is 31.0. The molecule has 4 aliphatic rings. The van der Waals surface area contributed by atoms with Crippen LogP contribution in [0.2, 0.25) is 0 Å². The van der Waals surface area contributed by atoms with Crippen LogP contribution in [0.15, 0.2) is 24.4 Å². The van der Waals surface area contributed by atoms with E-state index in [1.807, 2.05) is 0 Å². The average molecular weight is 310 g/mol. The first-order valence-corrected chi connectivity index (χ1v) is 9.33. The Morgan fingerprint density at radius 3 is 2.61 bits per heavy atom. The van der Waals surface area contributed by atoms with Gasteiger partial charge in [-0.05, 0) is 62.9 Å². The Hall–Kier alpha value is -1.55. The molecule has 4 heterocycles. The number of aromatic nitrogens is 2. The molecule has 4 heteroatoms. The van der Waals surface area contributed by atoms with Crippen LogP contribution in [0, 0.1) is 5.92 Å². The van der Waals surface area contributed by atoms with E-state index in [0.717, 1.165) is 5.92 Å². The molecule has 0 radical (unpaired) electrons. The van der Waals surface area contributed by atoms with E-state index in [1.54, 1.807) is 0 Å². The van der Waals surface area contributed by atoms with Gasteiger partial charge in [0.15, 0.2) is 0 Å². The first kappa shape index (κ1) is 13.8. The van der Waals surface area contributed by atoms with Gasteiger partial charge in [-0.3, -0.25) is 4.68 Å². The van der Waals surface area contributed by atoms with Gasteiger partial charge in [0, 0.05) is 23.7 Å². The van der Waals surface area contributed by atoms with E-state index in [1.165, 1.54) is 74.7 Å². The fourth-order valence-electron chi connectivity index (χ4n) is 4.92. The fraction of sp³-hybridized carbons (Fsp3) is 0.632. The van der Waals surface area contributed by atoms with Gasteiger partial charge < -0.3 is 10.2 Å². The van der Waals surface area contributed by atoms with E-state index < -0.39 is 0 Å². The minimum absolute atomic E-state index is 0.573. The smallest absolute Gasteiger partial charge is 0.0687 e. The van der Waals surface area contributed by atoms with Gasteiger partial charge in [-0.1, -0.05) is 12.8 Å². The zero-order valence-electron chi connectivity index (χ0n) is 13.7. The molecule has 1 aromatic heterocycles. The predicted octanol–water partition coefficient (Wildman–Crippen LogP) is 3.66. The molecule has 0 amide bonds. The quantitative estimate of drug-likeness (QED) is 0.939. The van der Waals surface area contributed by atoms with Crippen molar-refractivity contribution in [3.05, 3.63) is 24.4 Å². The lowest BCUT2D eigenvalue weighted by Gasteiger charge is -2.44. The second-order valence-electron chi connectivity index (χ2n) is 7.69. The summed E-state index contributed by atoms with van der Waals surface area (Å²) < 4.78 is 2.31. The number of hydrogen-bond donors (Lipinski definition) is 1. The van der Waals surface area contributed by atoms with Crippen molar-refractivity contribution in [2.24, 2.45) is 5.92 Å². The Balaban J connectivity index is 1.42. The van der Waals surface area contributed by atoms with Crippen molar-refractivity contribution in [2.45, 2.75) is 50.6 Å². The zero-order chi connectivity index (χ0) is 15.2. The maximum Gasteiger partial charge on any atom is 0.0687 e. The molecule has 2 aromatic rings. The molecular weight excluding hydrogens is 284 g/mol. The van der Waals surface area contributed by atoms with Crippen LogP contribution in [0.1, 0.15) is 44.6 Å². The van der Waals surface area contributed by atoms with Crippen molar-refractivity contribution in [2.75, 3.05) is 25.0 Å². The third-order valence-electron chi connectivity index (χ3n) is 6.26. The summed E-state index contributed by atoms with van der Waals surface area (Å²) >= 11 is 0. The molecule has 0 unspecified atom stereocenters. The molecule has 0 spiro atoms. The van der Waals surface area contributed by atoms with E-state index in [0.29, 0.717) is 12.1 Å². The van der Waals surface area contributed by atoms with Crippen LogP contribution >= 0.6 is 0 Å². The van der Waals surface area contributed by atoms with Crippen LogP contribution in [0.3, 0.4) is 0 Å². The molecule has 122 valence electrons. The summed E-state index contributed by atoms with van der Waals surface area (Å²) in [6.45, 7) is 3.76. The Labute approximate surface area is 137 Å². The van der Waals surface area contributed by atoms with Crippen molar-refractivity contribution in [3.8, 4) is 0 Å². The molecule has 4 fully saturated rings. The van der Waals surface area contributed by atoms with Crippen LogP contribution < -0.4 is 5.32 Å². The third kappa shape index (κ3) is 2.44. The van der Waals surface area contributed by atoms with Gasteiger partial charge in [0.1, 0.15) is 0 Å². The van der Waals surface area contributed by atoms with Gasteiger partial charge in [0.2, 0.25) is 0 Å². The van der Waals surface area contributed by atoms with Crippen molar-refractivity contribution in [1.29, 1.82) is 0 Å². The van der Waals surface area contributed by atoms with Gasteiger partial charge in [-0.15, -0.1) is 0 Å². The lowest BCUT2D eigenvalue weighted by atomic mass is 9.84. The van der Waals surface area contributed by atoms with Crippen molar-refractivity contribution < 1.29 is 0 Å². The molecule has 4 nitrogen and oxygen atoms in total. The maximum absolute atomic E-state index is 4.77. The standard InChI is InChI=1S/C19H26N4/c1-2-4-16(3-1)21-17-5-6-18-15(11-17)12-20-23(18)19-13-22-9-7-14(19)8-10-22/h5-6,11-12,14,16,19,21H,1-4,7-10,13H2/t19-/m1/s1. The molecule has 1 atom stereocenters. The van der Waals surface area contributed by atoms with E-state index in [-0.39, 0.29) is 0 Å². The van der Waals surface area contributed by atoms with E-state index in [4.69, 9.17) is 5.10 Å². The number of nitrogens with zero attached hydrogens (tertiary/aromatic N) is 3. The summed E-state index contributed by atoms with van der Waals surface area (Å²) in [6, 6.07) is 8.06. The Morgan fingerprint density at radius 1 is 1.04 bits per heavy atom. The Bertz CT molecular complexity index is 692. The molecule has 3 aliphatic heterocycles. The highest BCUT2D eigenvalue weighted by Gasteiger charge is 2.36. The van der Waals surface area contributed by atoms with Crippen molar-refractivity contribution in [3.63, 3.8) is 0 Å². The molecule has 3 saturated heterocycles. The van der Waals surface area contributed by atoms with Crippen LogP contribution in [-0.2, 0) is 0 Å². The lowest BCUT2D eigenvalue weighted by molar-refractivity contribution is 0.0534. The SMILES string of the molecule is c1cc2c(cnn2[C@@H]2CN3CCC2CC3)cc1NC1CCCC1. The second-order valence-corrected chi connectivity index (χ2v) is 7.69. The maximum atomic E-state index is 4.77. The number of fused-ring (bicyclic) bond motifs is 4. The van der Waals surface area contributed by atoms with Gasteiger partial charge in [-0.25, -0.2) is 0 Å². The third-order valence-corrected chi connectivity index (χ3v) is 6.26. The summed E-state index contributed by atoms with van der Waals surface area (Å²) in [5, 5.41) is 9.76. The highest BCUT2D eigenvalue weighted by molar-refractivity contribution is 5.82. The summed E-state index contributed by atoms with van der Waals surface area (Å²) in [5.74, 6) is 0.819. The summed E-state index contributed by atoms with van der Waals surface area (Å²) in [6.07, 6.45) is 10.1. The first-order chi connectivity index (χ1) is 11.4. The van der Waals surface area contributed by atoms with Crippen molar-refractivity contribution >= 4 is 16.6 Å². The Kier molecular flexibility index (Phi) is 3.32. The van der Waals surface area contributed by atoms with Crippen LogP contribution in [0.4, 0.5) is 5.69 Å². The molecular formula is C19H26N4. The van der Waals surface area contributed by atoms with Crippen LogP contribution in [0.5, 0.6) is 0 Å². The molecule has 2 bridgehead atoms.